The van der Waals surface area contributed by atoms with Gasteiger partial charge in [-0.3, -0.25) is 5.10 Å². The largest absolute Gasteiger partial charge is 0.465 e. The van der Waals surface area contributed by atoms with E-state index in [1.807, 2.05) is 30.9 Å². The number of aromatic nitrogens is 4. The molecule has 0 unspecified atom stereocenters. The molecule has 0 bridgehead atoms. The Labute approximate surface area is 133 Å². The SMILES string of the molecule is Cc1cc(Nc2cc[nH]n2)nc(N2C[C@H](NC(=O)O)[C@@H](C)C2)n1. The highest BCUT2D eigenvalue weighted by atomic mass is 16.4. The summed E-state index contributed by atoms with van der Waals surface area (Å²) in [6.45, 7) is 5.17. The van der Waals surface area contributed by atoms with E-state index in [0.717, 1.165) is 5.69 Å². The summed E-state index contributed by atoms with van der Waals surface area (Å²) in [5.41, 5.74) is 0.829. The Morgan fingerprint density at radius 3 is 2.91 bits per heavy atom. The topological polar surface area (TPSA) is 119 Å². The molecule has 0 saturated carbocycles. The van der Waals surface area contributed by atoms with E-state index in [1.165, 1.54) is 0 Å². The van der Waals surface area contributed by atoms with Crippen molar-refractivity contribution in [3.05, 3.63) is 24.0 Å². The fourth-order valence-electron chi connectivity index (χ4n) is 2.70. The lowest BCUT2D eigenvalue weighted by molar-refractivity contribution is 0.188. The van der Waals surface area contributed by atoms with Crippen molar-refractivity contribution in [2.45, 2.75) is 19.9 Å². The molecule has 2 aromatic heterocycles. The first-order valence-corrected chi connectivity index (χ1v) is 7.38. The first-order valence-electron chi connectivity index (χ1n) is 7.38. The number of carbonyl (C=O) groups is 1. The van der Waals surface area contributed by atoms with Gasteiger partial charge in [0.15, 0.2) is 5.82 Å². The van der Waals surface area contributed by atoms with Crippen LogP contribution in [0.15, 0.2) is 18.3 Å². The molecule has 1 fully saturated rings. The lowest BCUT2D eigenvalue weighted by Gasteiger charge is -2.17. The van der Waals surface area contributed by atoms with Crippen molar-refractivity contribution < 1.29 is 9.90 Å². The normalized spacial score (nSPS) is 20.5. The van der Waals surface area contributed by atoms with Crippen LogP contribution in [0.5, 0.6) is 0 Å². The molecule has 1 aliphatic heterocycles. The van der Waals surface area contributed by atoms with Gasteiger partial charge in [-0.2, -0.15) is 10.1 Å². The van der Waals surface area contributed by atoms with Crippen LogP contribution in [-0.4, -0.2) is 50.5 Å². The van der Waals surface area contributed by atoms with Crippen molar-refractivity contribution in [3.63, 3.8) is 0 Å². The first-order chi connectivity index (χ1) is 11.0. The van der Waals surface area contributed by atoms with Gasteiger partial charge >= 0.3 is 6.09 Å². The number of amides is 1. The number of nitrogens with one attached hydrogen (secondary N) is 3. The van der Waals surface area contributed by atoms with E-state index in [-0.39, 0.29) is 12.0 Å². The van der Waals surface area contributed by atoms with Gasteiger partial charge < -0.3 is 20.6 Å². The molecule has 9 heteroatoms. The number of hydrogen-bond donors (Lipinski definition) is 4. The minimum Gasteiger partial charge on any atom is -0.465 e. The van der Waals surface area contributed by atoms with Gasteiger partial charge in [0.2, 0.25) is 5.95 Å². The molecule has 0 radical (unpaired) electrons. The molecule has 0 aliphatic carbocycles. The number of H-pyrrole nitrogens is 1. The third-order valence-corrected chi connectivity index (χ3v) is 3.80. The van der Waals surface area contributed by atoms with E-state index in [1.54, 1.807) is 6.20 Å². The molecule has 2 atom stereocenters. The Morgan fingerprint density at radius 1 is 1.39 bits per heavy atom. The number of carboxylic acid groups (broad SMARTS) is 1. The standard InChI is InChI=1S/C14H19N7O2/c1-8-6-21(7-10(8)17-14(22)23)13-16-9(2)5-12(19-13)18-11-3-4-15-20-11/h3-5,8,10,17H,6-7H2,1-2H3,(H,22,23)(H2,15,16,18,19,20)/t8-,10-/m0/s1. The van der Waals surface area contributed by atoms with Crippen molar-refractivity contribution in [2.75, 3.05) is 23.3 Å². The molecule has 9 nitrogen and oxygen atoms in total. The van der Waals surface area contributed by atoms with Crippen molar-refractivity contribution in [3.8, 4) is 0 Å². The molecule has 3 rings (SSSR count). The Kier molecular flexibility index (Phi) is 4.00. The molecule has 0 aromatic carbocycles. The predicted octanol–water partition coefficient (Wildman–Crippen LogP) is 1.34. The maximum atomic E-state index is 10.8. The summed E-state index contributed by atoms with van der Waals surface area (Å²) in [5.74, 6) is 2.11. The predicted molar refractivity (Wildman–Crippen MR) is 85.0 cm³/mol. The van der Waals surface area contributed by atoms with Crippen LogP contribution in [0.25, 0.3) is 0 Å². The quantitative estimate of drug-likeness (QED) is 0.672. The summed E-state index contributed by atoms with van der Waals surface area (Å²) in [6.07, 6.45) is 0.719. The second-order valence-corrected chi connectivity index (χ2v) is 5.72. The van der Waals surface area contributed by atoms with Gasteiger partial charge in [0.05, 0.1) is 6.04 Å². The minimum absolute atomic E-state index is 0.126. The zero-order valence-corrected chi connectivity index (χ0v) is 12.9. The van der Waals surface area contributed by atoms with Crippen LogP contribution in [0.2, 0.25) is 0 Å². The van der Waals surface area contributed by atoms with Crippen LogP contribution in [0, 0.1) is 12.8 Å². The van der Waals surface area contributed by atoms with Crippen LogP contribution < -0.4 is 15.5 Å². The van der Waals surface area contributed by atoms with E-state index in [2.05, 4.69) is 30.8 Å². The van der Waals surface area contributed by atoms with Crippen LogP contribution >= 0.6 is 0 Å². The van der Waals surface area contributed by atoms with Gasteiger partial charge in [-0.05, 0) is 12.8 Å². The lowest BCUT2D eigenvalue weighted by Crippen LogP contribution is -2.39. The lowest BCUT2D eigenvalue weighted by atomic mass is 10.1. The monoisotopic (exact) mass is 317 g/mol. The molecule has 122 valence electrons. The second kappa shape index (κ2) is 6.11. The van der Waals surface area contributed by atoms with E-state index in [9.17, 15) is 4.79 Å². The van der Waals surface area contributed by atoms with Gasteiger partial charge in [0, 0.05) is 37.1 Å². The number of aryl methyl sites for hydroxylation is 1. The Bertz CT molecular complexity index is 688. The number of aromatic amines is 1. The van der Waals surface area contributed by atoms with Gasteiger partial charge in [0.25, 0.3) is 0 Å². The second-order valence-electron chi connectivity index (χ2n) is 5.72. The molecule has 0 spiro atoms. The number of nitrogens with zero attached hydrogens (tertiary/aromatic N) is 4. The maximum absolute atomic E-state index is 10.8. The zero-order valence-electron chi connectivity index (χ0n) is 12.9. The molecular weight excluding hydrogens is 298 g/mol. The van der Waals surface area contributed by atoms with Crippen LogP contribution in [0.1, 0.15) is 12.6 Å². The summed E-state index contributed by atoms with van der Waals surface area (Å²) in [6, 6.07) is 3.52. The maximum Gasteiger partial charge on any atom is 0.404 e. The minimum atomic E-state index is -1.00. The van der Waals surface area contributed by atoms with Crippen LogP contribution in [0.3, 0.4) is 0 Å². The molecule has 1 saturated heterocycles. The van der Waals surface area contributed by atoms with E-state index >= 15 is 0 Å². The smallest absolute Gasteiger partial charge is 0.404 e. The van der Waals surface area contributed by atoms with Crippen LogP contribution in [0.4, 0.5) is 22.4 Å². The fraction of sp³-hybridized carbons (Fsp3) is 0.429. The van der Waals surface area contributed by atoms with Gasteiger partial charge in [-0.1, -0.05) is 6.92 Å². The van der Waals surface area contributed by atoms with Gasteiger partial charge in [0.1, 0.15) is 5.82 Å². The third kappa shape index (κ3) is 3.50. The average Bonchev–Trinajstić information content (AvgIpc) is 3.08. The Balaban J connectivity index is 1.77. The van der Waals surface area contributed by atoms with E-state index in [4.69, 9.17) is 5.11 Å². The molecular formula is C14H19N7O2. The first kappa shape index (κ1) is 15.1. The van der Waals surface area contributed by atoms with Crippen LogP contribution in [-0.2, 0) is 0 Å². The fourth-order valence-corrected chi connectivity index (χ4v) is 2.70. The summed E-state index contributed by atoms with van der Waals surface area (Å²) >= 11 is 0. The summed E-state index contributed by atoms with van der Waals surface area (Å²) in [4.78, 5) is 21.8. The summed E-state index contributed by atoms with van der Waals surface area (Å²) in [7, 11) is 0. The highest BCUT2D eigenvalue weighted by Gasteiger charge is 2.32. The molecule has 2 aromatic rings. The summed E-state index contributed by atoms with van der Waals surface area (Å²) < 4.78 is 0. The number of hydrogen-bond acceptors (Lipinski definition) is 6. The van der Waals surface area contributed by atoms with E-state index < -0.39 is 6.09 Å². The highest BCUT2D eigenvalue weighted by Crippen LogP contribution is 2.23. The molecule has 23 heavy (non-hydrogen) atoms. The Hall–Kier alpha value is -2.84. The molecule has 1 aliphatic rings. The van der Waals surface area contributed by atoms with Crippen molar-refractivity contribution in [2.24, 2.45) is 5.92 Å². The third-order valence-electron chi connectivity index (χ3n) is 3.80. The zero-order chi connectivity index (χ0) is 16.4. The number of anilines is 3. The Morgan fingerprint density at radius 2 is 2.22 bits per heavy atom. The number of rotatable bonds is 4. The van der Waals surface area contributed by atoms with Crippen molar-refractivity contribution >= 4 is 23.7 Å². The van der Waals surface area contributed by atoms with Crippen molar-refractivity contribution in [1.82, 2.24) is 25.5 Å². The summed E-state index contributed by atoms with van der Waals surface area (Å²) in [5, 5.41) is 21.3. The highest BCUT2D eigenvalue weighted by molar-refractivity contribution is 5.65. The van der Waals surface area contributed by atoms with Gasteiger partial charge in [-0.15, -0.1) is 0 Å². The van der Waals surface area contributed by atoms with E-state index in [0.29, 0.717) is 30.7 Å². The molecule has 3 heterocycles. The van der Waals surface area contributed by atoms with Gasteiger partial charge in [-0.25, -0.2) is 9.78 Å². The molecule has 4 N–H and O–H groups in total. The van der Waals surface area contributed by atoms with Crippen molar-refractivity contribution in [1.29, 1.82) is 0 Å². The molecule has 1 amide bonds. The average molecular weight is 317 g/mol.